The highest BCUT2D eigenvalue weighted by molar-refractivity contribution is 6.21. The quantitative estimate of drug-likeness (QED) is 0.642. The topological polar surface area (TPSA) is 3.24 Å². The van der Waals surface area contributed by atoms with Gasteiger partial charge in [0.25, 0.3) is 0 Å². The molecular formula is C18H28ClN. The second kappa shape index (κ2) is 8.05. The molecule has 1 aliphatic carbocycles. The molecular weight excluding hydrogens is 266 g/mol. The maximum absolute atomic E-state index is 6.67. The Morgan fingerprint density at radius 2 is 1.70 bits per heavy atom. The van der Waals surface area contributed by atoms with Gasteiger partial charge in [0, 0.05) is 6.54 Å². The Morgan fingerprint density at radius 3 is 2.35 bits per heavy atom. The normalized spacial score (nSPS) is 16.2. The van der Waals surface area contributed by atoms with Crippen molar-refractivity contribution in [1.29, 1.82) is 0 Å². The summed E-state index contributed by atoms with van der Waals surface area (Å²) in [7, 11) is 0. The molecule has 1 aromatic rings. The number of rotatable bonds is 7. The zero-order chi connectivity index (χ0) is 14.4. The predicted octanol–water partition coefficient (Wildman–Crippen LogP) is 4.97. The Balaban J connectivity index is 2.02. The van der Waals surface area contributed by atoms with Crippen molar-refractivity contribution >= 4 is 11.6 Å². The fraction of sp³-hybridized carbons (Fsp3) is 0.667. The number of aryl methyl sites for hydroxylation is 2. The van der Waals surface area contributed by atoms with Crippen molar-refractivity contribution in [3.8, 4) is 0 Å². The number of fused-ring (bicyclic) bond motifs is 1. The van der Waals surface area contributed by atoms with Gasteiger partial charge < -0.3 is 4.90 Å². The molecule has 1 aliphatic rings. The third-order valence-corrected chi connectivity index (χ3v) is 4.62. The maximum Gasteiger partial charge on any atom is 0.0712 e. The van der Waals surface area contributed by atoms with E-state index in [1.54, 1.807) is 5.56 Å². The van der Waals surface area contributed by atoms with E-state index in [1.807, 2.05) is 0 Å². The molecule has 2 rings (SSSR count). The van der Waals surface area contributed by atoms with Gasteiger partial charge in [-0.25, -0.2) is 0 Å². The average molecular weight is 294 g/mol. The summed E-state index contributed by atoms with van der Waals surface area (Å²) in [5.74, 6) is 0. The average Bonchev–Trinajstić information content (AvgIpc) is 2.47. The molecule has 0 aliphatic heterocycles. The minimum absolute atomic E-state index is 0.125. The first-order valence-corrected chi connectivity index (χ1v) is 8.66. The molecule has 112 valence electrons. The molecule has 0 saturated carbocycles. The van der Waals surface area contributed by atoms with Gasteiger partial charge in [0.2, 0.25) is 0 Å². The highest BCUT2D eigenvalue weighted by Gasteiger charge is 2.16. The van der Waals surface area contributed by atoms with Gasteiger partial charge in [-0.3, -0.25) is 0 Å². The molecule has 20 heavy (non-hydrogen) atoms. The lowest BCUT2D eigenvalue weighted by Gasteiger charge is -2.25. The van der Waals surface area contributed by atoms with Crippen LogP contribution in [-0.4, -0.2) is 24.5 Å². The van der Waals surface area contributed by atoms with Crippen LogP contribution in [0.3, 0.4) is 0 Å². The van der Waals surface area contributed by atoms with E-state index in [4.69, 9.17) is 11.6 Å². The predicted molar refractivity (Wildman–Crippen MR) is 88.7 cm³/mol. The molecule has 0 heterocycles. The number of nitrogens with zero attached hydrogens (tertiary/aromatic N) is 1. The zero-order valence-electron chi connectivity index (χ0n) is 13.0. The number of hydrogen-bond donors (Lipinski definition) is 0. The summed E-state index contributed by atoms with van der Waals surface area (Å²) in [6, 6.07) is 6.92. The Morgan fingerprint density at radius 1 is 1.05 bits per heavy atom. The fourth-order valence-corrected chi connectivity index (χ4v) is 3.54. The summed E-state index contributed by atoms with van der Waals surface area (Å²) in [6.07, 6.45) is 7.57. The van der Waals surface area contributed by atoms with Crippen molar-refractivity contribution in [2.75, 3.05) is 19.6 Å². The van der Waals surface area contributed by atoms with E-state index < -0.39 is 0 Å². The highest BCUT2D eigenvalue weighted by atomic mass is 35.5. The van der Waals surface area contributed by atoms with Crippen molar-refractivity contribution in [1.82, 2.24) is 4.90 Å². The summed E-state index contributed by atoms with van der Waals surface area (Å²) in [4.78, 5) is 2.50. The van der Waals surface area contributed by atoms with E-state index in [1.165, 1.54) is 49.7 Å². The summed E-state index contributed by atoms with van der Waals surface area (Å²) < 4.78 is 0. The van der Waals surface area contributed by atoms with Gasteiger partial charge in [-0.1, -0.05) is 32.0 Å². The van der Waals surface area contributed by atoms with Crippen molar-refractivity contribution in [2.45, 2.75) is 57.7 Å². The molecule has 0 aromatic heterocycles. The number of alkyl halides is 1. The van der Waals surface area contributed by atoms with E-state index in [-0.39, 0.29) is 5.38 Å². The monoisotopic (exact) mass is 293 g/mol. The van der Waals surface area contributed by atoms with Crippen LogP contribution in [-0.2, 0) is 12.8 Å². The fourth-order valence-electron chi connectivity index (χ4n) is 3.21. The maximum atomic E-state index is 6.67. The van der Waals surface area contributed by atoms with Crippen LogP contribution in [0, 0.1) is 0 Å². The van der Waals surface area contributed by atoms with Gasteiger partial charge in [-0.15, -0.1) is 11.6 Å². The van der Waals surface area contributed by atoms with E-state index in [9.17, 15) is 0 Å². The summed E-state index contributed by atoms with van der Waals surface area (Å²) in [5, 5.41) is 0.125. The highest BCUT2D eigenvalue weighted by Crippen LogP contribution is 2.28. The van der Waals surface area contributed by atoms with Crippen LogP contribution in [0.2, 0.25) is 0 Å². The van der Waals surface area contributed by atoms with Crippen molar-refractivity contribution in [3.05, 3.63) is 34.9 Å². The molecule has 1 nitrogen and oxygen atoms in total. The molecule has 0 fully saturated rings. The van der Waals surface area contributed by atoms with Crippen LogP contribution in [0.5, 0.6) is 0 Å². The number of halogens is 1. The minimum atomic E-state index is 0.125. The molecule has 1 unspecified atom stereocenters. The van der Waals surface area contributed by atoms with E-state index in [0.717, 1.165) is 19.6 Å². The van der Waals surface area contributed by atoms with Crippen molar-refractivity contribution in [2.24, 2.45) is 0 Å². The molecule has 1 aromatic carbocycles. The number of benzene rings is 1. The third kappa shape index (κ3) is 4.23. The zero-order valence-corrected chi connectivity index (χ0v) is 13.8. The summed E-state index contributed by atoms with van der Waals surface area (Å²) >= 11 is 6.67. The van der Waals surface area contributed by atoms with Gasteiger partial charge in [0.15, 0.2) is 0 Å². The first kappa shape index (κ1) is 15.9. The SMILES string of the molecule is CCCN(CCC)CC(Cl)c1ccc2c(c1)CCCC2. The first-order chi connectivity index (χ1) is 9.74. The van der Waals surface area contributed by atoms with Crippen LogP contribution in [0.4, 0.5) is 0 Å². The van der Waals surface area contributed by atoms with Crippen LogP contribution >= 0.6 is 11.6 Å². The molecule has 1 atom stereocenters. The molecule has 0 amide bonds. The van der Waals surface area contributed by atoms with Crippen molar-refractivity contribution in [3.63, 3.8) is 0 Å². The Kier molecular flexibility index (Phi) is 6.38. The largest absolute Gasteiger partial charge is 0.302 e. The summed E-state index contributed by atoms with van der Waals surface area (Å²) in [5.41, 5.74) is 4.39. The van der Waals surface area contributed by atoms with Gasteiger partial charge in [-0.2, -0.15) is 0 Å². The lowest BCUT2D eigenvalue weighted by molar-refractivity contribution is 0.275. The Hall–Kier alpha value is -0.530. The molecule has 0 N–H and O–H groups in total. The van der Waals surface area contributed by atoms with Crippen LogP contribution in [0.25, 0.3) is 0 Å². The molecule has 0 saturated heterocycles. The number of hydrogen-bond acceptors (Lipinski definition) is 1. The molecule has 2 heteroatoms. The van der Waals surface area contributed by atoms with Gasteiger partial charge in [0.05, 0.1) is 5.38 Å². The minimum Gasteiger partial charge on any atom is -0.302 e. The van der Waals surface area contributed by atoms with Crippen molar-refractivity contribution < 1.29 is 0 Å². The Labute approximate surface area is 129 Å². The van der Waals surface area contributed by atoms with E-state index >= 15 is 0 Å². The van der Waals surface area contributed by atoms with Crippen LogP contribution in [0.15, 0.2) is 18.2 Å². The molecule has 0 bridgehead atoms. The standard InChI is InChI=1S/C18H28ClN/c1-3-11-20(12-4-2)14-18(19)17-10-9-15-7-5-6-8-16(15)13-17/h9-10,13,18H,3-8,11-12,14H2,1-2H3. The Bertz CT molecular complexity index is 410. The smallest absolute Gasteiger partial charge is 0.0712 e. The lowest BCUT2D eigenvalue weighted by Crippen LogP contribution is -2.29. The van der Waals surface area contributed by atoms with Crippen LogP contribution in [0.1, 0.15) is 61.6 Å². The first-order valence-electron chi connectivity index (χ1n) is 8.22. The summed E-state index contributed by atoms with van der Waals surface area (Å²) in [6.45, 7) is 7.77. The second-order valence-electron chi connectivity index (χ2n) is 6.00. The molecule has 0 radical (unpaired) electrons. The second-order valence-corrected chi connectivity index (χ2v) is 6.53. The van der Waals surface area contributed by atoms with Gasteiger partial charge in [0.1, 0.15) is 0 Å². The van der Waals surface area contributed by atoms with Gasteiger partial charge in [-0.05, 0) is 68.3 Å². The van der Waals surface area contributed by atoms with E-state index in [0.29, 0.717) is 0 Å². The van der Waals surface area contributed by atoms with Crippen LogP contribution < -0.4 is 0 Å². The third-order valence-electron chi connectivity index (χ3n) is 4.23. The molecule has 0 spiro atoms. The van der Waals surface area contributed by atoms with E-state index in [2.05, 4.69) is 36.9 Å². The lowest BCUT2D eigenvalue weighted by atomic mass is 9.90. The van der Waals surface area contributed by atoms with Gasteiger partial charge >= 0.3 is 0 Å².